The molecule has 5 fully saturated rings. The molecule has 4 bridgehead atoms. The van der Waals surface area contributed by atoms with Crippen molar-refractivity contribution in [2.24, 2.45) is 16.2 Å². The molecule has 26 nitrogen and oxygen atoms in total. The van der Waals surface area contributed by atoms with Gasteiger partial charge in [0.1, 0.15) is 43.0 Å². The van der Waals surface area contributed by atoms with E-state index >= 15 is 0 Å². The predicted molar refractivity (Wildman–Crippen MR) is 325 cm³/mol. The first kappa shape index (κ1) is 62.7. The Bertz CT molecular complexity index is 3830. The topological polar surface area (TPSA) is 350 Å². The SMILES string of the molecule is Cc1c(-c2ccc(N3CCn4cnc(C(=O)Nc5nc6ccccc6s5)c4C3)nc2C(=O)O)cnn1CC12CC3(C)CC(C)(C1)CC(OCCCC(=O)OCc1ccc(CCCCNC(=O)CN4C(=O)C=CC4=O)cc1O[C@@H]1O[C@H](C(=O)O)[C@@H](O)[C@H](O)[C@H]1O)(C3)C2. The largest absolute Gasteiger partial charge is 0.479 e. The van der Waals surface area contributed by atoms with Gasteiger partial charge in [0.15, 0.2) is 22.6 Å². The lowest BCUT2D eigenvalue weighted by atomic mass is 9.39. The Morgan fingerprint density at radius 2 is 1.60 bits per heavy atom. The van der Waals surface area contributed by atoms with Crippen molar-refractivity contribution in [3.05, 3.63) is 113 Å². The van der Waals surface area contributed by atoms with Crippen LogP contribution in [0.3, 0.4) is 0 Å². The van der Waals surface area contributed by atoms with E-state index in [1.54, 1.807) is 36.8 Å². The molecule has 7 atom stereocenters. The number of carbonyl (C=O) groups excluding carboxylic acids is 5. The molecule has 4 amide bonds. The molecule has 91 heavy (non-hydrogen) atoms. The van der Waals surface area contributed by atoms with Crippen LogP contribution in [0.5, 0.6) is 5.75 Å². The fourth-order valence-electron chi connectivity index (χ4n) is 15.5. The first-order chi connectivity index (χ1) is 43.5. The zero-order valence-corrected chi connectivity index (χ0v) is 51.4. The van der Waals surface area contributed by atoms with Gasteiger partial charge in [-0.25, -0.2) is 24.5 Å². The van der Waals surface area contributed by atoms with E-state index < -0.39 is 78.5 Å². The molecule has 27 heteroatoms. The van der Waals surface area contributed by atoms with Crippen molar-refractivity contribution in [2.45, 2.75) is 154 Å². The maximum Gasteiger partial charge on any atom is 0.355 e. The highest BCUT2D eigenvalue weighted by molar-refractivity contribution is 7.22. The number of nitrogens with one attached hydrogen (secondary N) is 2. The highest BCUT2D eigenvalue weighted by Crippen LogP contribution is 2.72. The number of carboxylic acid groups (broad SMARTS) is 2. The number of esters is 1. The molecule has 7 N–H and O–H groups in total. The number of aliphatic hydroxyl groups excluding tert-OH is 3. The lowest BCUT2D eigenvalue weighted by Crippen LogP contribution is -2.64. The van der Waals surface area contributed by atoms with Crippen molar-refractivity contribution in [3.8, 4) is 16.9 Å². The second-order valence-electron chi connectivity index (χ2n) is 25.9. The van der Waals surface area contributed by atoms with Gasteiger partial charge in [-0.3, -0.25) is 38.9 Å². The van der Waals surface area contributed by atoms with Crippen LogP contribution in [0.2, 0.25) is 0 Å². The third-order valence-corrected chi connectivity index (χ3v) is 19.4. The number of imide groups is 1. The fourth-order valence-corrected chi connectivity index (χ4v) is 16.4. The van der Waals surface area contributed by atoms with Crippen LogP contribution in [-0.4, -0.2) is 164 Å². The number of aromatic carboxylic acids is 1. The molecule has 4 saturated carbocycles. The summed E-state index contributed by atoms with van der Waals surface area (Å²) in [4.78, 5) is 105. The number of benzene rings is 2. The number of para-hydroxylation sites is 1. The average Bonchev–Trinajstić information content (AvgIpc) is 1.13. The molecule has 1 saturated heterocycles. The zero-order valence-electron chi connectivity index (χ0n) is 50.5. The molecule has 2 unspecified atom stereocenters. The number of unbranched alkanes of at least 4 members (excludes halogenated alkanes) is 1. The van der Waals surface area contributed by atoms with Crippen molar-refractivity contribution >= 4 is 74.0 Å². The Morgan fingerprint density at radius 3 is 2.35 bits per heavy atom. The van der Waals surface area contributed by atoms with Crippen molar-refractivity contribution in [1.29, 1.82) is 0 Å². The summed E-state index contributed by atoms with van der Waals surface area (Å²) in [6.45, 7) is 8.40. The van der Waals surface area contributed by atoms with Gasteiger partial charge in [0.05, 0.1) is 40.6 Å². The van der Waals surface area contributed by atoms with Crippen LogP contribution in [0.1, 0.15) is 122 Å². The van der Waals surface area contributed by atoms with Crippen LogP contribution >= 0.6 is 11.3 Å². The van der Waals surface area contributed by atoms with Gasteiger partial charge in [-0.15, -0.1) is 0 Å². The van der Waals surface area contributed by atoms with E-state index in [1.165, 1.54) is 11.3 Å². The number of amides is 4. The number of aromatic nitrogens is 6. The Labute approximate surface area is 526 Å². The molecule has 0 spiro atoms. The number of fused-ring (bicyclic) bond motifs is 2. The molecule has 3 aliphatic heterocycles. The van der Waals surface area contributed by atoms with Crippen molar-refractivity contribution < 1.29 is 78.0 Å². The van der Waals surface area contributed by atoms with E-state index in [0.717, 1.165) is 71.5 Å². The molecule has 4 aromatic heterocycles. The molecule has 7 heterocycles. The number of pyridine rings is 1. The first-order valence-electron chi connectivity index (χ1n) is 30.5. The molecule has 13 rings (SSSR count). The highest BCUT2D eigenvalue weighted by Gasteiger charge is 2.66. The summed E-state index contributed by atoms with van der Waals surface area (Å²) < 4.78 is 29.0. The summed E-state index contributed by atoms with van der Waals surface area (Å²) >= 11 is 1.38. The van der Waals surface area contributed by atoms with Crippen LogP contribution < -0.4 is 20.3 Å². The predicted octanol–water partition coefficient (Wildman–Crippen LogP) is 5.32. The van der Waals surface area contributed by atoms with Gasteiger partial charge in [-0.2, -0.15) is 5.10 Å². The molecule has 6 aromatic rings. The monoisotopic (exact) mass is 1270 g/mol. The number of carbonyl (C=O) groups is 7. The smallest absolute Gasteiger partial charge is 0.355 e. The molecule has 4 aliphatic carbocycles. The van der Waals surface area contributed by atoms with E-state index in [2.05, 4.69) is 34.4 Å². The number of rotatable bonds is 24. The maximum absolute atomic E-state index is 13.6. The van der Waals surface area contributed by atoms with Gasteiger partial charge in [0, 0.05) is 73.7 Å². The number of aryl methyl sites for hydroxylation is 1. The summed E-state index contributed by atoms with van der Waals surface area (Å²) in [5.74, 6) is -4.78. The van der Waals surface area contributed by atoms with E-state index in [0.29, 0.717) is 90.8 Å². The van der Waals surface area contributed by atoms with Crippen molar-refractivity contribution in [3.63, 3.8) is 0 Å². The summed E-state index contributed by atoms with van der Waals surface area (Å²) in [5.41, 5.74) is 3.88. The molecule has 2 aromatic carbocycles. The first-order valence-corrected chi connectivity index (χ1v) is 31.3. The Morgan fingerprint density at radius 1 is 0.835 bits per heavy atom. The van der Waals surface area contributed by atoms with Gasteiger partial charge in [-0.05, 0) is 123 Å². The summed E-state index contributed by atoms with van der Waals surface area (Å²) in [6.07, 6.45) is 3.58. The van der Waals surface area contributed by atoms with E-state index in [-0.39, 0.29) is 65.4 Å². The fraction of sp³-hybridized carbons (Fsp3) is 0.484. The van der Waals surface area contributed by atoms with Gasteiger partial charge < -0.3 is 59.3 Å². The number of hydrogen-bond acceptors (Lipinski definition) is 20. The number of thiazole rings is 1. The number of anilines is 2. The number of imidazole rings is 1. The van der Waals surface area contributed by atoms with Gasteiger partial charge in [-0.1, -0.05) is 49.4 Å². The van der Waals surface area contributed by atoms with E-state index in [1.807, 2.05) is 51.4 Å². The number of nitrogens with zero attached hydrogens (tertiary/aromatic N) is 8. The Hall–Kier alpha value is -8.47. The molecule has 0 radical (unpaired) electrons. The Balaban J connectivity index is 0.666. The quantitative estimate of drug-likeness (QED) is 0.0229. The van der Waals surface area contributed by atoms with Crippen LogP contribution in [0.25, 0.3) is 21.3 Å². The lowest BCUT2D eigenvalue weighted by molar-refractivity contribution is -0.271. The summed E-state index contributed by atoms with van der Waals surface area (Å²) in [5, 5.41) is 63.0. The maximum atomic E-state index is 13.6. The average molecular weight is 1270 g/mol. The van der Waals surface area contributed by atoms with Crippen LogP contribution in [0.15, 0.2) is 79.3 Å². The van der Waals surface area contributed by atoms with Gasteiger partial charge in [0.25, 0.3) is 17.7 Å². The number of ether oxygens (including phenoxy) is 4. The molecular formula is C64H72N10O16S. The van der Waals surface area contributed by atoms with E-state index in [9.17, 15) is 59.1 Å². The standard InChI is InChI=1S/C64H72N10O16S/c1-36-40(39-15-16-45(69-50(39)57(83)84)71-20-21-72-35-66-51(42(72)25-71)56(82)70-60-68-41-10-4-5-11-44(41)91-60)24-67-74(36)34-63-29-61(2)28-62(3,30-63)32-64(31-61,33-63)88-22-8-12-49(78)87-27-38-14-13-37(9-6-7-19-65-46(75)26-73-47(76)17-18-48(73)77)23-43(38)89-59-54(81)52(79)53(80)55(90-59)58(85)86/h4-5,10-11,13-18,23-24,35,52-55,59,79-81H,6-9,12,19-22,25-34H2,1-3H3,(H,65,75)(H,83,84)(H,85,86)(H,68,70,82)/t52-,53-,54+,55-,59+,61?,62?,63?,64?/m0/s1. The minimum absolute atomic E-state index is 0.0217. The lowest BCUT2D eigenvalue weighted by Gasteiger charge is -2.69. The van der Waals surface area contributed by atoms with Crippen LogP contribution in [0, 0.1) is 23.2 Å². The highest BCUT2D eigenvalue weighted by atomic mass is 32.1. The number of aliphatic hydroxyl groups is 3. The Kier molecular flexibility index (Phi) is 17.2. The summed E-state index contributed by atoms with van der Waals surface area (Å²) in [7, 11) is 0. The van der Waals surface area contributed by atoms with Gasteiger partial charge in [0.2, 0.25) is 12.2 Å². The number of hydrogen-bond donors (Lipinski definition) is 7. The molecule has 480 valence electrons. The van der Waals surface area contributed by atoms with Crippen molar-refractivity contribution in [1.82, 2.24) is 39.5 Å². The number of aliphatic carboxylic acids is 1. The normalized spacial score (nSPS) is 26.5. The molecule has 7 aliphatic rings. The number of carboxylic acids is 2. The zero-order chi connectivity index (χ0) is 64.1. The third kappa shape index (κ3) is 13.1. The second-order valence-corrected chi connectivity index (χ2v) is 27.0. The molecular weight excluding hydrogens is 1200 g/mol. The minimum atomic E-state index is -1.95. The summed E-state index contributed by atoms with van der Waals surface area (Å²) in [6, 6.07) is 16.3. The van der Waals surface area contributed by atoms with Crippen LogP contribution in [0.4, 0.5) is 10.9 Å². The van der Waals surface area contributed by atoms with Gasteiger partial charge >= 0.3 is 17.9 Å². The van der Waals surface area contributed by atoms with E-state index in [4.69, 9.17) is 29.0 Å². The minimum Gasteiger partial charge on any atom is -0.479 e. The van der Waals surface area contributed by atoms with Crippen LogP contribution in [-0.2, 0) is 70.8 Å². The second kappa shape index (κ2) is 25.0. The third-order valence-electron chi connectivity index (χ3n) is 18.5. The van der Waals surface area contributed by atoms with Crippen molar-refractivity contribution in [2.75, 3.05) is 36.5 Å².